The lowest BCUT2D eigenvalue weighted by Crippen LogP contribution is -2.59. The van der Waals surface area contributed by atoms with Gasteiger partial charge in [0.15, 0.2) is 0 Å². The van der Waals surface area contributed by atoms with E-state index < -0.39 is 30.1 Å². The molecule has 1 rings (SSSR count). The molecule has 0 fully saturated rings. The Morgan fingerprint density at radius 3 is 2.46 bits per heavy atom. The summed E-state index contributed by atoms with van der Waals surface area (Å²) in [6.07, 6.45) is 3.57. The van der Waals surface area contributed by atoms with Gasteiger partial charge in [0, 0.05) is 18.9 Å². The third-order valence-corrected chi connectivity index (χ3v) is 4.01. The molecule has 1 aliphatic carbocycles. The van der Waals surface area contributed by atoms with E-state index >= 15 is 0 Å². The smallest absolute Gasteiger partial charge is 0.331 e. The van der Waals surface area contributed by atoms with Crippen LogP contribution in [-0.4, -0.2) is 47.2 Å². The Kier molecular flexibility index (Phi) is 7.64. The molecule has 0 saturated heterocycles. The summed E-state index contributed by atoms with van der Waals surface area (Å²) >= 11 is 0. The number of hydrogen-bond acceptors (Lipinski definition) is 4. The van der Waals surface area contributed by atoms with E-state index in [1.54, 1.807) is 0 Å². The Morgan fingerprint density at radius 1 is 1.38 bits per heavy atom. The van der Waals surface area contributed by atoms with Crippen molar-refractivity contribution in [3.63, 3.8) is 0 Å². The van der Waals surface area contributed by atoms with E-state index in [0.717, 1.165) is 18.9 Å². The Balaban J connectivity index is 3.15. The maximum absolute atomic E-state index is 11.7. The molecule has 0 saturated carbocycles. The first-order chi connectivity index (χ1) is 11.3. The minimum absolute atomic E-state index is 0.0635. The van der Waals surface area contributed by atoms with Crippen LogP contribution in [0.15, 0.2) is 24.3 Å². The quantitative estimate of drug-likeness (QED) is 0.576. The van der Waals surface area contributed by atoms with E-state index in [4.69, 9.17) is 4.74 Å². The number of hydrogen-bond donors (Lipinski definition) is 3. The van der Waals surface area contributed by atoms with Gasteiger partial charge in [-0.3, -0.25) is 9.59 Å². The zero-order chi connectivity index (χ0) is 18.3. The molecule has 24 heavy (non-hydrogen) atoms. The third-order valence-electron chi connectivity index (χ3n) is 4.01. The maximum atomic E-state index is 11.7. The number of carboxylic acids is 1. The highest BCUT2D eigenvalue weighted by Crippen LogP contribution is 2.24. The molecule has 7 heteroatoms. The van der Waals surface area contributed by atoms with E-state index in [1.165, 1.54) is 13.0 Å². The summed E-state index contributed by atoms with van der Waals surface area (Å²) in [7, 11) is 0. The predicted molar refractivity (Wildman–Crippen MR) is 89.3 cm³/mol. The van der Waals surface area contributed by atoms with Crippen molar-refractivity contribution in [3.05, 3.63) is 24.3 Å². The lowest BCUT2D eigenvalue weighted by molar-refractivity contribution is -0.133. The summed E-state index contributed by atoms with van der Waals surface area (Å²) in [5.41, 5.74) is 0.155. The van der Waals surface area contributed by atoms with Crippen LogP contribution in [0.1, 0.15) is 40.0 Å². The first-order valence-corrected chi connectivity index (χ1v) is 8.11. The SMILES string of the molecule is C=CC(=O)N[C@H]1CC(C(=O)O)=C[C@@H](OC(CC)CC)[C@@H]1NC(C)=O. The molecular weight excluding hydrogens is 312 g/mol. The maximum Gasteiger partial charge on any atom is 0.331 e. The highest BCUT2D eigenvalue weighted by atomic mass is 16.5. The Morgan fingerprint density at radius 2 is 2.00 bits per heavy atom. The molecule has 134 valence electrons. The molecule has 3 N–H and O–H groups in total. The highest BCUT2D eigenvalue weighted by Gasteiger charge is 2.37. The van der Waals surface area contributed by atoms with Crippen LogP contribution >= 0.6 is 0 Å². The van der Waals surface area contributed by atoms with Crippen LogP contribution in [-0.2, 0) is 19.1 Å². The van der Waals surface area contributed by atoms with Gasteiger partial charge in [0.25, 0.3) is 0 Å². The molecule has 0 aliphatic heterocycles. The van der Waals surface area contributed by atoms with Crippen molar-refractivity contribution in [2.75, 3.05) is 0 Å². The summed E-state index contributed by atoms with van der Waals surface area (Å²) in [6.45, 7) is 8.72. The van der Waals surface area contributed by atoms with Gasteiger partial charge in [-0.15, -0.1) is 0 Å². The van der Waals surface area contributed by atoms with Gasteiger partial charge < -0.3 is 20.5 Å². The van der Waals surface area contributed by atoms with Crippen molar-refractivity contribution in [3.8, 4) is 0 Å². The lowest BCUT2D eigenvalue weighted by Gasteiger charge is -2.38. The van der Waals surface area contributed by atoms with Crippen molar-refractivity contribution in [2.45, 2.75) is 64.3 Å². The molecule has 0 aromatic heterocycles. The standard InChI is InChI=1S/C17H26N2O5/c1-5-12(6-2)24-14-9-11(17(22)23)8-13(19-15(21)7-3)16(14)18-10(4)20/h7,9,12-14,16H,3,5-6,8H2,1-2,4H3,(H,18,20)(H,19,21)(H,22,23)/t13-,14+,16+/m0/s1. The van der Waals surface area contributed by atoms with E-state index in [-0.39, 0.29) is 24.0 Å². The monoisotopic (exact) mass is 338 g/mol. The average Bonchev–Trinajstić information content (AvgIpc) is 2.53. The lowest BCUT2D eigenvalue weighted by atomic mass is 9.87. The van der Waals surface area contributed by atoms with Crippen molar-refractivity contribution < 1.29 is 24.2 Å². The Labute approximate surface area is 142 Å². The molecule has 7 nitrogen and oxygen atoms in total. The number of carbonyl (C=O) groups is 3. The Hall–Kier alpha value is -2.15. The molecule has 1 aliphatic rings. The normalized spacial score (nSPS) is 23.3. The van der Waals surface area contributed by atoms with E-state index in [1.807, 2.05) is 13.8 Å². The van der Waals surface area contributed by atoms with Crippen LogP contribution in [0.2, 0.25) is 0 Å². The fraction of sp³-hybridized carbons (Fsp3) is 0.588. The molecule has 0 spiro atoms. The Bertz CT molecular complexity index is 525. The number of nitrogens with one attached hydrogen (secondary N) is 2. The van der Waals surface area contributed by atoms with Crippen LogP contribution < -0.4 is 10.6 Å². The number of aliphatic carboxylic acids is 1. The summed E-state index contributed by atoms with van der Waals surface area (Å²) < 4.78 is 6.00. The minimum atomic E-state index is -1.06. The van der Waals surface area contributed by atoms with Crippen molar-refractivity contribution in [1.29, 1.82) is 0 Å². The third kappa shape index (κ3) is 5.49. The van der Waals surface area contributed by atoms with Crippen molar-refractivity contribution in [1.82, 2.24) is 10.6 Å². The number of rotatable bonds is 8. The fourth-order valence-corrected chi connectivity index (χ4v) is 2.75. The van der Waals surface area contributed by atoms with Gasteiger partial charge in [-0.05, 0) is 25.0 Å². The second-order valence-electron chi connectivity index (χ2n) is 5.79. The molecular formula is C17H26N2O5. The van der Waals surface area contributed by atoms with E-state index in [0.29, 0.717) is 0 Å². The van der Waals surface area contributed by atoms with Crippen LogP contribution in [0.4, 0.5) is 0 Å². The number of amides is 2. The van der Waals surface area contributed by atoms with E-state index in [9.17, 15) is 19.5 Å². The molecule has 2 amide bonds. The van der Waals surface area contributed by atoms with Crippen LogP contribution in [0, 0.1) is 0 Å². The summed E-state index contributed by atoms with van der Waals surface area (Å²) in [6, 6.07) is -1.13. The van der Waals surface area contributed by atoms with Gasteiger partial charge in [-0.1, -0.05) is 20.4 Å². The van der Waals surface area contributed by atoms with Gasteiger partial charge >= 0.3 is 5.97 Å². The molecule has 0 aromatic rings. The molecule has 0 bridgehead atoms. The largest absolute Gasteiger partial charge is 0.478 e. The van der Waals surface area contributed by atoms with Crippen LogP contribution in [0.5, 0.6) is 0 Å². The first kappa shape index (κ1) is 19.9. The number of carboxylic acid groups (broad SMARTS) is 1. The molecule has 0 unspecified atom stereocenters. The van der Waals surface area contributed by atoms with Crippen LogP contribution in [0.3, 0.4) is 0 Å². The van der Waals surface area contributed by atoms with Crippen molar-refractivity contribution >= 4 is 17.8 Å². The van der Waals surface area contributed by atoms with Gasteiger partial charge in [0.05, 0.1) is 24.3 Å². The highest BCUT2D eigenvalue weighted by molar-refractivity contribution is 5.89. The number of carbonyl (C=O) groups excluding carboxylic acids is 2. The van der Waals surface area contributed by atoms with Crippen LogP contribution in [0.25, 0.3) is 0 Å². The minimum Gasteiger partial charge on any atom is -0.478 e. The van der Waals surface area contributed by atoms with Gasteiger partial charge in [0.1, 0.15) is 0 Å². The average molecular weight is 338 g/mol. The fourth-order valence-electron chi connectivity index (χ4n) is 2.75. The zero-order valence-electron chi connectivity index (χ0n) is 14.4. The first-order valence-electron chi connectivity index (χ1n) is 8.11. The second-order valence-corrected chi connectivity index (χ2v) is 5.79. The van der Waals surface area contributed by atoms with Gasteiger partial charge in [0.2, 0.25) is 11.8 Å². The summed E-state index contributed by atoms with van der Waals surface area (Å²) in [5.74, 6) is -1.77. The van der Waals surface area contributed by atoms with Crippen molar-refractivity contribution in [2.24, 2.45) is 0 Å². The summed E-state index contributed by atoms with van der Waals surface area (Å²) in [4.78, 5) is 34.7. The summed E-state index contributed by atoms with van der Waals surface area (Å²) in [5, 5.41) is 14.8. The molecule has 0 aromatic carbocycles. The molecule has 0 heterocycles. The van der Waals surface area contributed by atoms with Gasteiger partial charge in [-0.25, -0.2) is 4.79 Å². The van der Waals surface area contributed by atoms with E-state index in [2.05, 4.69) is 17.2 Å². The molecule has 3 atom stereocenters. The zero-order valence-corrected chi connectivity index (χ0v) is 14.4. The topological polar surface area (TPSA) is 105 Å². The number of ether oxygens (including phenoxy) is 1. The predicted octanol–water partition coefficient (Wildman–Crippen LogP) is 1.15. The second kappa shape index (κ2) is 9.22. The van der Waals surface area contributed by atoms with Gasteiger partial charge in [-0.2, -0.15) is 0 Å². The molecule has 0 radical (unpaired) electrons.